The van der Waals surface area contributed by atoms with E-state index in [2.05, 4.69) is 10.6 Å². The number of benzene rings is 1. The molecule has 0 spiro atoms. The largest absolute Gasteiger partial charge is 0.481 e. The summed E-state index contributed by atoms with van der Waals surface area (Å²) in [5.41, 5.74) is 2.07. The fourth-order valence-corrected chi connectivity index (χ4v) is 2.06. The van der Waals surface area contributed by atoms with E-state index >= 15 is 0 Å². The van der Waals surface area contributed by atoms with Crippen molar-refractivity contribution in [2.24, 2.45) is 0 Å². The maximum Gasteiger partial charge on any atom is 0.303 e. The monoisotopic (exact) mass is 276 g/mol. The van der Waals surface area contributed by atoms with Crippen LogP contribution in [0.1, 0.15) is 35.2 Å². The summed E-state index contributed by atoms with van der Waals surface area (Å²) >= 11 is 0. The summed E-state index contributed by atoms with van der Waals surface area (Å²) in [7, 11) is 0. The van der Waals surface area contributed by atoms with Gasteiger partial charge in [0.2, 0.25) is 5.91 Å². The number of carboxylic acid groups (broad SMARTS) is 1. The molecular formula is C14H16N2O4. The Kier molecular flexibility index (Phi) is 4.34. The molecule has 0 saturated carbocycles. The maximum absolute atomic E-state index is 11.9. The van der Waals surface area contributed by atoms with Crippen molar-refractivity contribution < 1.29 is 19.5 Å². The van der Waals surface area contributed by atoms with Gasteiger partial charge in [0.05, 0.1) is 6.42 Å². The van der Waals surface area contributed by atoms with E-state index in [1.54, 1.807) is 18.2 Å². The number of rotatable bonds is 6. The van der Waals surface area contributed by atoms with Crippen LogP contribution in [-0.4, -0.2) is 29.4 Å². The van der Waals surface area contributed by atoms with E-state index in [4.69, 9.17) is 5.11 Å². The number of hydrogen-bond donors (Lipinski definition) is 3. The number of fused-ring (bicyclic) bond motifs is 1. The normalized spacial score (nSPS) is 12.7. The number of amides is 2. The SMILES string of the molecule is O=C(O)CCCCNC(=O)c1ccc2c(c1)NC(=O)C2. The summed E-state index contributed by atoms with van der Waals surface area (Å²) in [6.45, 7) is 0.440. The van der Waals surface area contributed by atoms with Gasteiger partial charge in [-0.15, -0.1) is 0 Å². The lowest BCUT2D eigenvalue weighted by Gasteiger charge is -2.06. The Balaban J connectivity index is 1.83. The third kappa shape index (κ3) is 3.57. The Hall–Kier alpha value is -2.37. The molecule has 2 rings (SSSR count). The van der Waals surface area contributed by atoms with Crippen molar-refractivity contribution in [1.82, 2.24) is 5.32 Å². The molecule has 20 heavy (non-hydrogen) atoms. The molecule has 106 valence electrons. The molecule has 1 aromatic rings. The minimum Gasteiger partial charge on any atom is -0.481 e. The number of carboxylic acids is 1. The van der Waals surface area contributed by atoms with Crippen LogP contribution in [0.15, 0.2) is 18.2 Å². The predicted molar refractivity (Wildman–Crippen MR) is 72.6 cm³/mol. The minimum atomic E-state index is -0.828. The van der Waals surface area contributed by atoms with E-state index in [1.807, 2.05) is 0 Å². The molecule has 0 fully saturated rings. The van der Waals surface area contributed by atoms with E-state index in [0.717, 1.165) is 5.56 Å². The molecule has 0 aliphatic carbocycles. The molecule has 1 aliphatic rings. The summed E-state index contributed by atoms with van der Waals surface area (Å²) in [4.78, 5) is 33.4. The Bertz CT molecular complexity index is 554. The number of aliphatic carboxylic acids is 1. The molecule has 2 amide bonds. The van der Waals surface area contributed by atoms with Crippen LogP contribution in [0.5, 0.6) is 0 Å². The van der Waals surface area contributed by atoms with Crippen molar-refractivity contribution in [2.45, 2.75) is 25.7 Å². The smallest absolute Gasteiger partial charge is 0.303 e. The number of unbranched alkanes of at least 4 members (excludes halogenated alkanes) is 1. The van der Waals surface area contributed by atoms with Gasteiger partial charge in [-0.3, -0.25) is 14.4 Å². The highest BCUT2D eigenvalue weighted by molar-refractivity contribution is 6.02. The first-order valence-corrected chi connectivity index (χ1v) is 6.49. The van der Waals surface area contributed by atoms with E-state index in [1.165, 1.54) is 0 Å². The van der Waals surface area contributed by atoms with Gasteiger partial charge in [-0.2, -0.15) is 0 Å². The van der Waals surface area contributed by atoms with Crippen LogP contribution in [0.2, 0.25) is 0 Å². The van der Waals surface area contributed by atoms with Crippen LogP contribution in [-0.2, 0) is 16.0 Å². The van der Waals surface area contributed by atoms with Crippen LogP contribution in [0, 0.1) is 0 Å². The van der Waals surface area contributed by atoms with E-state index in [9.17, 15) is 14.4 Å². The van der Waals surface area contributed by atoms with Gasteiger partial charge < -0.3 is 15.7 Å². The molecule has 1 aromatic carbocycles. The Morgan fingerprint density at radius 1 is 1.30 bits per heavy atom. The van der Waals surface area contributed by atoms with Crippen molar-refractivity contribution >= 4 is 23.5 Å². The Morgan fingerprint density at radius 3 is 2.85 bits per heavy atom. The van der Waals surface area contributed by atoms with Crippen molar-refractivity contribution in [3.63, 3.8) is 0 Å². The maximum atomic E-state index is 11.9. The van der Waals surface area contributed by atoms with Crippen LogP contribution in [0.3, 0.4) is 0 Å². The highest BCUT2D eigenvalue weighted by atomic mass is 16.4. The van der Waals surface area contributed by atoms with Gasteiger partial charge in [0.1, 0.15) is 0 Å². The van der Waals surface area contributed by atoms with Gasteiger partial charge in [-0.1, -0.05) is 6.07 Å². The minimum absolute atomic E-state index is 0.0637. The van der Waals surface area contributed by atoms with Crippen LogP contribution < -0.4 is 10.6 Å². The number of anilines is 1. The molecule has 6 heteroatoms. The molecular weight excluding hydrogens is 260 g/mol. The molecule has 3 N–H and O–H groups in total. The molecule has 1 aliphatic heterocycles. The first kappa shape index (κ1) is 14.0. The zero-order valence-corrected chi connectivity index (χ0v) is 10.9. The quantitative estimate of drug-likeness (QED) is 0.679. The van der Waals surface area contributed by atoms with E-state index in [0.29, 0.717) is 37.1 Å². The second-order valence-corrected chi connectivity index (χ2v) is 4.70. The average Bonchev–Trinajstić information content (AvgIpc) is 2.76. The van der Waals surface area contributed by atoms with Gasteiger partial charge in [-0.25, -0.2) is 0 Å². The molecule has 6 nitrogen and oxygen atoms in total. The van der Waals surface area contributed by atoms with Gasteiger partial charge in [-0.05, 0) is 30.5 Å². The zero-order valence-electron chi connectivity index (χ0n) is 10.9. The highest BCUT2D eigenvalue weighted by Gasteiger charge is 2.18. The van der Waals surface area contributed by atoms with Crippen LogP contribution >= 0.6 is 0 Å². The average molecular weight is 276 g/mol. The second-order valence-electron chi connectivity index (χ2n) is 4.70. The Labute approximate surface area is 116 Å². The van der Waals surface area contributed by atoms with Gasteiger partial charge >= 0.3 is 5.97 Å². The van der Waals surface area contributed by atoms with Crippen molar-refractivity contribution in [1.29, 1.82) is 0 Å². The summed E-state index contributed by atoms with van der Waals surface area (Å²) < 4.78 is 0. The lowest BCUT2D eigenvalue weighted by atomic mass is 10.1. The number of carbonyl (C=O) groups excluding carboxylic acids is 2. The third-order valence-corrected chi connectivity index (χ3v) is 3.10. The molecule has 1 heterocycles. The lowest BCUT2D eigenvalue weighted by Crippen LogP contribution is -2.24. The topological polar surface area (TPSA) is 95.5 Å². The predicted octanol–water partition coefficient (Wildman–Crippen LogP) is 1.17. The second kappa shape index (κ2) is 6.18. The van der Waals surface area contributed by atoms with Gasteiger partial charge in [0.25, 0.3) is 5.91 Å². The van der Waals surface area contributed by atoms with Crippen LogP contribution in [0.25, 0.3) is 0 Å². The standard InChI is InChI=1S/C14H16N2O4/c17-12-8-9-4-5-10(7-11(9)16-12)14(20)15-6-2-1-3-13(18)19/h4-5,7H,1-3,6,8H2,(H,15,20)(H,16,17)(H,18,19). The van der Waals surface area contributed by atoms with Gasteiger partial charge in [0.15, 0.2) is 0 Å². The summed E-state index contributed by atoms with van der Waals surface area (Å²) in [5.74, 6) is -1.11. The van der Waals surface area contributed by atoms with Crippen molar-refractivity contribution in [3.05, 3.63) is 29.3 Å². The molecule has 0 saturated heterocycles. The van der Waals surface area contributed by atoms with Crippen molar-refractivity contribution in [2.75, 3.05) is 11.9 Å². The molecule has 0 aromatic heterocycles. The first-order valence-electron chi connectivity index (χ1n) is 6.49. The van der Waals surface area contributed by atoms with Crippen molar-refractivity contribution in [3.8, 4) is 0 Å². The van der Waals surface area contributed by atoms with Gasteiger partial charge in [0, 0.05) is 24.2 Å². The van der Waals surface area contributed by atoms with E-state index < -0.39 is 5.97 Å². The number of hydrogen-bond acceptors (Lipinski definition) is 3. The lowest BCUT2D eigenvalue weighted by molar-refractivity contribution is -0.137. The highest BCUT2D eigenvalue weighted by Crippen LogP contribution is 2.23. The molecule has 0 unspecified atom stereocenters. The number of nitrogens with one attached hydrogen (secondary N) is 2. The third-order valence-electron chi connectivity index (χ3n) is 3.10. The molecule has 0 atom stereocenters. The first-order chi connectivity index (χ1) is 9.56. The fraction of sp³-hybridized carbons (Fsp3) is 0.357. The van der Waals surface area contributed by atoms with E-state index in [-0.39, 0.29) is 18.2 Å². The molecule has 0 radical (unpaired) electrons. The summed E-state index contributed by atoms with van der Waals surface area (Å²) in [6.07, 6.45) is 1.63. The summed E-state index contributed by atoms with van der Waals surface area (Å²) in [5, 5.41) is 13.9. The van der Waals surface area contributed by atoms with Crippen LogP contribution in [0.4, 0.5) is 5.69 Å². The number of carbonyl (C=O) groups is 3. The Morgan fingerprint density at radius 2 is 2.10 bits per heavy atom. The fourth-order valence-electron chi connectivity index (χ4n) is 2.06. The molecule has 0 bridgehead atoms. The zero-order chi connectivity index (χ0) is 14.5. The summed E-state index contributed by atoms with van der Waals surface area (Å²) in [6, 6.07) is 5.12.